The monoisotopic (exact) mass is 566 g/mol. The maximum absolute atomic E-state index is 4.40. The minimum absolute atomic E-state index is 1.07. The van der Waals surface area contributed by atoms with E-state index in [0.29, 0.717) is 0 Å². The summed E-state index contributed by atoms with van der Waals surface area (Å²) in [7, 11) is 0. The van der Waals surface area contributed by atoms with E-state index in [0.717, 1.165) is 66.1 Å². The maximum Gasteiger partial charge on any atom is 0.0572 e. The van der Waals surface area contributed by atoms with Gasteiger partial charge in [-0.15, -0.1) is 0 Å². The fourth-order valence-corrected chi connectivity index (χ4v) is 5.63. The smallest absolute Gasteiger partial charge is 0.0572 e. The zero-order valence-corrected chi connectivity index (χ0v) is 24.6. The minimum Gasteiger partial charge on any atom is -0.309 e. The van der Waals surface area contributed by atoms with Crippen LogP contribution in [0.3, 0.4) is 0 Å². The van der Waals surface area contributed by atoms with Gasteiger partial charge in [0, 0.05) is 82.5 Å². The van der Waals surface area contributed by atoms with Crippen molar-refractivity contribution in [3.63, 3.8) is 0 Å². The van der Waals surface area contributed by atoms with E-state index in [1.54, 1.807) is 6.26 Å². The first-order valence-electron chi connectivity index (χ1n) is 13.9. The summed E-state index contributed by atoms with van der Waals surface area (Å²) in [5.74, 6) is 0. The van der Waals surface area contributed by atoms with Crippen molar-refractivity contribution < 1.29 is 0 Å². The van der Waals surface area contributed by atoms with Gasteiger partial charge < -0.3 is 9.13 Å². The molecule has 6 nitrogen and oxygen atoms in total. The predicted molar refractivity (Wildman–Crippen MR) is 178 cm³/mol. The normalized spacial score (nSPS) is 10.9. The van der Waals surface area contributed by atoms with Crippen LogP contribution in [-0.2, 0) is 0 Å². The average molecular weight is 567 g/mol. The highest BCUT2D eigenvalue weighted by Gasteiger charge is 2.17. The first-order valence-corrected chi connectivity index (χ1v) is 14.8. The number of hydrogen-bond donors (Lipinski definition) is 1. The standard InChI is InChI=1S/C32H20N6.C2H6.CH4S/c1-2-4-21(5-3-1)22-14-23(37-29-6-10-33-17-25(29)26-18-34-11-7-30(26)37)16-24(15-22)38-31-8-12-35-19-27(31)28-20-36-13-9-32(28)38;2*1-2/h1-20H;1-2H3;2H,1H3. The van der Waals surface area contributed by atoms with Crippen LogP contribution >= 0.6 is 12.6 Å². The largest absolute Gasteiger partial charge is 0.309 e. The molecule has 0 spiro atoms. The van der Waals surface area contributed by atoms with Gasteiger partial charge in [-0.25, -0.2) is 0 Å². The molecule has 7 heteroatoms. The molecule has 0 amide bonds. The fraction of sp³-hybridized carbons (Fsp3) is 0.0857. The lowest BCUT2D eigenvalue weighted by atomic mass is 10.0. The van der Waals surface area contributed by atoms with Gasteiger partial charge in [0.15, 0.2) is 0 Å². The summed E-state index contributed by atoms with van der Waals surface area (Å²) in [6.45, 7) is 4.00. The molecule has 0 saturated carbocycles. The van der Waals surface area contributed by atoms with Crippen molar-refractivity contribution in [3.8, 4) is 22.5 Å². The first kappa shape index (κ1) is 27.2. The van der Waals surface area contributed by atoms with Crippen molar-refractivity contribution in [3.05, 3.63) is 122 Å². The molecule has 0 atom stereocenters. The molecule has 6 aromatic heterocycles. The highest BCUT2D eigenvalue weighted by Crippen LogP contribution is 2.36. The van der Waals surface area contributed by atoms with E-state index in [1.165, 1.54) is 0 Å². The fourth-order valence-electron chi connectivity index (χ4n) is 5.63. The minimum atomic E-state index is 1.07. The number of aromatic nitrogens is 6. The predicted octanol–water partition coefficient (Wildman–Crippen LogP) is 8.70. The van der Waals surface area contributed by atoms with E-state index in [2.05, 4.69) is 108 Å². The zero-order chi connectivity index (χ0) is 29.1. The second-order valence-corrected chi connectivity index (χ2v) is 9.35. The van der Waals surface area contributed by atoms with Crippen LogP contribution in [0.5, 0.6) is 0 Å². The van der Waals surface area contributed by atoms with E-state index in [9.17, 15) is 0 Å². The molecule has 0 saturated heterocycles. The number of hydrogen-bond acceptors (Lipinski definition) is 5. The number of benzene rings is 2. The van der Waals surface area contributed by atoms with E-state index >= 15 is 0 Å². The zero-order valence-electron chi connectivity index (χ0n) is 23.7. The number of fused-ring (bicyclic) bond motifs is 6. The molecule has 0 fully saturated rings. The summed E-state index contributed by atoms with van der Waals surface area (Å²) >= 11 is 3.53. The van der Waals surface area contributed by atoms with Crippen LogP contribution in [0.2, 0.25) is 0 Å². The van der Waals surface area contributed by atoms with E-state index in [-0.39, 0.29) is 0 Å². The lowest BCUT2D eigenvalue weighted by Gasteiger charge is -2.15. The SMILES string of the molecule is CC.CS.c1ccc(-c2cc(-n3c4ccncc4c4cnccc43)cc(-n3c4ccncc4c4cnccc43)c2)cc1. The van der Waals surface area contributed by atoms with Crippen LogP contribution in [0.1, 0.15) is 13.8 Å². The Labute approximate surface area is 249 Å². The maximum atomic E-state index is 4.40. The van der Waals surface area contributed by atoms with Gasteiger partial charge in [-0.1, -0.05) is 44.2 Å². The summed E-state index contributed by atoms with van der Waals surface area (Å²) in [6.07, 6.45) is 16.8. The molecular formula is C35H30N6S. The Hall–Kier alpha value is -5.01. The Balaban J connectivity index is 0.000000759. The number of thiol groups is 1. The third kappa shape index (κ3) is 4.48. The van der Waals surface area contributed by atoms with Crippen molar-refractivity contribution >= 4 is 56.2 Å². The van der Waals surface area contributed by atoms with Gasteiger partial charge in [-0.05, 0) is 59.8 Å². The Morgan fingerprint density at radius 2 is 0.810 bits per heavy atom. The first-order chi connectivity index (χ1) is 20.9. The Morgan fingerprint density at radius 3 is 1.17 bits per heavy atom. The topological polar surface area (TPSA) is 61.4 Å². The molecule has 8 aromatic rings. The summed E-state index contributed by atoms with van der Waals surface area (Å²) in [5, 5.41) is 4.32. The Kier molecular flexibility index (Phi) is 7.66. The molecule has 0 unspecified atom stereocenters. The average Bonchev–Trinajstić information content (AvgIpc) is 3.60. The molecule has 206 valence electrons. The molecule has 6 heterocycles. The van der Waals surface area contributed by atoms with Crippen molar-refractivity contribution in [2.24, 2.45) is 0 Å². The number of pyridine rings is 4. The lowest BCUT2D eigenvalue weighted by Crippen LogP contribution is -2.00. The molecular weight excluding hydrogens is 536 g/mol. The van der Waals surface area contributed by atoms with Gasteiger partial charge in [0.2, 0.25) is 0 Å². The second kappa shape index (κ2) is 11.8. The molecule has 0 radical (unpaired) electrons. The summed E-state index contributed by atoms with van der Waals surface area (Å²) in [4.78, 5) is 17.6. The van der Waals surface area contributed by atoms with Crippen molar-refractivity contribution in [1.29, 1.82) is 0 Å². The van der Waals surface area contributed by atoms with Gasteiger partial charge in [0.05, 0.1) is 22.1 Å². The summed E-state index contributed by atoms with van der Waals surface area (Å²) in [5.41, 5.74) is 8.79. The number of rotatable bonds is 3. The molecule has 0 aliphatic heterocycles. The van der Waals surface area contributed by atoms with Crippen LogP contribution < -0.4 is 0 Å². The second-order valence-electron chi connectivity index (χ2n) is 9.35. The van der Waals surface area contributed by atoms with Gasteiger partial charge in [0.25, 0.3) is 0 Å². The molecule has 42 heavy (non-hydrogen) atoms. The summed E-state index contributed by atoms with van der Waals surface area (Å²) < 4.78 is 4.61. The van der Waals surface area contributed by atoms with Crippen molar-refractivity contribution in [2.75, 3.05) is 6.26 Å². The number of nitrogens with zero attached hydrogens (tertiary/aromatic N) is 6. The lowest BCUT2D eigenvalue weighted by molar-refractivity contribution is 1.13. The van der Waals surface area contributed by atoms with Crippen molar-refractivity contribution in [2.45, 2.75) is 13.8 Å². The van der Waals surface area contributed by atoms with Crippen LogP contribution in [0.4, 0.5) is 0 Å². The van der Waals surface area contributed by atoms with E-state index < -0.39 is 0 Å². The van der Waals surface area contributed by atoms with Crippen molar-refractivity contribution in [1.82, 2.24) is 29.1 Å². The van der Waals surface area contributed by atoms with Crippen LogP contribution in [-0.4, -0.2) is 35.3 Å². The summed E-state index contributed by atoms with van der Waals surface area (Å²) in [6, 6.07) is 25.6. The van der Waals surface area contributed by atoms with Crippen LogP contribution in [0.25, 0.3) is 66.1 Å². The molecule has 8 rings (SSSR count). The van der Waals surface area contributed by atoms with Gasteiger partial charge >= 0.3 is 0 Å². The van der Waals surface area contributed by atoms with Gasteiger partial charge in [-0.3, -0.25) is 19.9 Å². The molecule has 2 aromatic carbocycles. The van der Waals surface area contributed by atoms with E-state index in [1.807, 2.05) is 69.5 Å². The molecule has 0 aliphatic rings. The molecule has 0 N–H and O–H groups in total. The quantitative estimate of drug-likeness (QED) is 0.217. The van der Waals surface area contributed by atoms with Gasteiger partial charge in [-0.2, -0.15) is 12.6 Å². The molecule has 0 aliphatic carbocycles. The Morgan fingerprint density at radius 1 is 0.452 bits per heavy atom. The van der Waals surface area contributed by atoms with Crippen LogP contribution in [0.15, 0.2) is 122 Å². The van der Waals surface area contributed by atoms with Crippen LogP contribution in [0, 0.1) is 0 Å². The highest BCUT2D eigenvalue weighted by atomic mass is 32.1. The highest BCUT2D eigenvalue weighted by molar-refractivity contribution is 7.79. The Bertz CT molecular complexity index is 1910. The van der Waals surface area contributed by atoms with E-state index in [4.69, 9.17) is 0 Å². The third-order valence-corrected chi connectivity index (χ3v) is 7.26. The van der Waals surface area contributed by atoms with Gasteiger partial charge in [0.1, 0.15) is 0 Å². The third-order valence-electron chi connectivity index (χ3n) is 7.26. The molecule has 0 bridgehead atoms.